The van der Waals surface area contributed by atoms with Gasteiger partial charge in [-0.15, -0.1) is 0 Å². The van der Waals surface area contributed by atoms with Crippen LogP contribution in [0.2, 0.25) is 0 Å². The van der Waals surface area contributed by atoms with E-state index >= 15 is 0 Å². The standard InChI is InChI=1S/C28H23F3O3/c1-2-33-17-21-9-12-23(15-26(21)29)34-16-18-3-5-19(6-4-18)24-13-14-25(28(31)27(24)30)20-7-10-22(32)11-8-20/h3-15,32H,2,16-17H2,1H3. The second kappa shape index (κ2) is 10.4. The fourth-order valence-corrected chi connectivity index (χ4v) is 3.53. The van der Waals surface area contributed by atoms with Crippen molar-refractivity contribution < 1.29 is 27.8 Å². The molecule has 0 aliphatic carbocycles. The number of benzene rings is 4. The Morgan fingerprint density at radius 2 is 1.29 bits per heavy atom. The highest BCUT2D eigenvalue weighted by Crippen LogP contribution is 2.32. The lowest BCUT2D eigenvalue weighted by Crippen LogP contribution is -1.99. The number of ether oxygens (including phenoxy) is 2. The first-order valence-electron chi connectivity index (χ1n) is 10.8. The molecule has 4 rings (SSSR count). The lowest BCUT2D eigenvalue weighted by molar-refractivity contribution is 0.131. The predicted molar refractivity (Wildman–Crippen MR) is 125 cm³/mol. The van der Waals surface area contributed by atoms with E-state index in [0.29, 0.717) is 29.0 Å². The van der Waals surface area contributed by atoms with E-state index in [4.69, 9.17) is 9.47 Å². The van der Waals surface area contributed by atoms with Crippen LogP contribution >= 0.6 is 0 Å². The number of hydrogen-bond donors (Lipinski definition) is 1. The Kier molecular flexibility index (Phi) is 7.18. The van der Waals surface area contributed by atoms with Crippen LogP contribution in [0, 0.1) is 17.5 Å². The second-order valence-corrected chi connectivity index (χ2v) is 7.71. The van der Waals surface area contributed by atoms with E-state index < -0.39 is 17.5 Å². The van der Waals surface area contributed by atoms with E-state index in [9.17, 15) is 18.3 Å². The Labute approximate surface area is 196 Å². The van der Waals surface area contributed by atoms with Gasteiger partial charge in [0.1, 0.15) is 23.9 Å². The zero-order valence-corrected chi connectivity index (χ0v) is 18.5. The summed E-state index contributed by atoms with van der Waals surface area (Å²) < 4.78 is 54.6. The first kappa shape index (κ1) is 23.4. The fourth-order valence-electron chi connectivity index (χ4n) is 3.53. The van der Waals surface area contributed by atoms with Gasteiger partial charge in [0.2, 0.25) is 0 Å². The summed E-state index contributed by atoms with van der Waals surface area (Å²) in [6, 6.07) is 20.4. The quantitative estimate of drug-likeness (QED) is 0.298. The Morgan fingerprint density at radius 1 is 0.706 bits per heavy atom. The van der Waals surface area contributed by atoms with Crippen LogP contribution in [0.3, 0.4) is 0 Å². The number of rotatable bonds is 8. The molecule has 174 valence electrons. The van der Waals surface area contributed by atoms with Gasteiger partial charge in [0.25, 0.3) is 0 Å². The molecule has 0 aliphatic rings. The van der Waals surface area contributed by atoms with Crippen LogP contribution in [-0.4, -0.2) is 11.7 Å². The topological polar surface area (TPSA) is 38.7 Å². The van der Waals surface area contributed by atoms with Crippen molar-refractivity contribution in [1.29, 1.82) is 0 Å². The van der Waals surface area contributed by atoms with E-state index in [1.54, 1.807) is 36.4 Å². The van der Waals surface area contributed by atoms with E-state index in [-0.39, 0.29) is 30.1 Å². The predicted octanol–water partition coefficient (Wildman–Crippen LogP) is 7.26. The molecule has 0 fully saturated rings. The molecule has 3 nitrogen and oxygen atoms in total. The highest BCUT2D eigenvalue weighted by Gasteiger charge is 2.16. The molecule has 0 saturated heterocycles. The van der Waals surface area contributed by atoms with Crippen molar-refractivity contribution in [2.75, 3.05) is 6.61 Å². The van der Waals surface area contributed by atoms with Crippen molar-refractivity contribution in [1.82, 2.24) is 0 Å². The Morgan fingerprint density at radius 3 is 1.85 bits per heavy atom. The summed E-state index contributed by atoms with van der Waals surface area (Å²) in [7, 11) is 0. The largest absolute Gasteiger partial charge is 0.508 e. The summed E-state index contributed by atoms with van der Waals surface area (Å²) in [5, 5.41) is 9.40. The number of hydrogen-bond acceptors (Lipinski definition) is 3. The van der Waals surface area contributed by atoms with Crippen molar-refractivity contribution in [3.63, 3.8) is 0 Å². The van der Waals surface area contributed by atoms with Crippen molar-refractivity contribution in [2.45, 2.75) is 20.1 Å². The number of phenols is 1. The van der Waals surface area contributed by atoms with Crippen LogP contribution in [-0.2, 0) is 18.0 Å². The number of phenolic OH excluding ortho intramolecular Hbond substituents is 1. The van der Waals surface area contributed by atoms with E-state index in [0.717, 1.165) is 5.56 Å². The van der Waals surface area contributed by atoms with Gasteiger partial charge in [0.15, 0.2) is 11.6 Å². The molecular weight excluding hydrogens is 441 g/mol. The van der Waals surface area contributed by atoms with Crippen LogP contribution in [0.25, 0.3) is 22.3 Å². The molecular formula is C28H23F3O3. The molecule has 4 aromatic carbocycles. The van der Waals surface area contributed by atoms with Gasteiger partial charge in [0, 0.05) is 29.4 Å². The van der Waals surface area contributed by atoms with Gasteiger partial charge < -0.3 is 14.6 Å². The lowest BCUT2D eigenvalue weighted by Gasteiger charge is -2.11. The Balaban J connectivity index is 1.46. The highest BCUT2D eigenvalue weighted by atomic mass is 19.2. The molecule has 4 aromatic rings. The summed E-state index contributed by atoms with van der Waals surface area (Å²) in [6.07, 6.45) is 0. The van der Waals surface area contributed by atoms with E-state index in [1.807, 2.05) is 6.92 Å². The average molecular weight is 464 g/mol. The minimum atomic E-state index is -0.953. The molecule has 0 heterocycles. The zero-order chi connectivity index (χ0) is 24.1. The van der Waals surface area contributed by atoms with E-state index in [1.165, 1.54) is 42.5 Å². The second-order valence-electron chi connectivity index (χ2n) is 7.71. The van der Waals surface area contributed by atoms with Gasteiger partial charge in [-0.05, 0) is 41.8 Å². The summed E-state index contributed by atoms with van der Waals surface area (Å²) >= 11 is 0. The highest BCUT2D eigenvalue weighted by molar-refractivity contribution is 5.72. The molecule has 0 aromatic heterocycles. The van der Waals surface area contributed by atoms with Gasteiger partial charge in [-0.25, -0.2) is 13.2 Å². The molecule has 0 spiro atoms. The summed E-state index contributed by atoms with van der Waals surface area (Å²) in [5.74, 6) is -1.86. The van der Waals surface area contributed by atoms with Crippen LogP contribution in [0.5, 0.6) is 11.5 Å². The molecule has 0 bridgehead atoms. The Hall–Kier alpha value is -3.77. The average Bonchev–Trinajstić information content (AvgIpc) is 2.85. The summed E-state index contributed by atoms with van der Waals surface area (Å²) in [5.41, 5.74) is 2.50. The normalized spacial score (nSPS) is 10.9. The molecule has 1 N–H and O–H groups in total. The van der Waals surface area contributed by atoms with Gasteiger partial charge in [-0.2, -0.15) is 0 Å². The Bertz CT molecular complexity index is 1270. The third-order valence-corrected chi connectivity index (χ3v) is 5.42. The maximum Gasteiger partial charge on any atom is 0.167 e. The van der Waals surface area contributed by atoms with Crippen molar-refractivity contribution in [3.05, 3.63) is 107 Å². The molecule has 0 unspecified atom stereocenters. The molecule has 0 aliphatic heterocycles. The fraction of sp³-hybridized carbons (Fsp3) is 0.143. The molecule has 0 saturated carbocycles. The van der Waals surface area contributed by atoms with Crippen molar-refractivity contribution in [2.24, 2.45) is 0 Å². The molecule has 34 heavy (non-hydrogen) atoms. The first-order valence-corrected chi connectivity index (χ1v) is 10.8. The summed E-state index contributed by atoms with van der Waals surface area (Å²) in [6.45, 7) is 2.75. The van der Waals surface area contributed by atoms with Gasteiger partial charge >= 0.3 is 0 Å². The van der Waals surface area contributed by atoms with Crippen molar-refractivity contribution >= 4 is 0 Å². The van der Waals surface area contributed by atoms with Crippen LogP contribution in [0.15, 0.2) is 78.9 Å². The zero-order valence-electron chi connectivity index (χ0n) is 18.5. The maximum absolute atomic E-state index is 14.8. The third-order valence-electron chi connectivity index (χ3n) is 5.42. The lowest BCUT2D eigenvalue weighted by atomic mass is 9.98. The smallest absolute Gasteiger partial charge is 0.167 e. The van der Waals surface area contributed by atoms with Gasteiger partial charge in [-0.3, -0.25) is 0 Å². The van der Waals surface area contributed by atoms with Crippen LogP contribution in [0.1, 0.15) is 18.1 Å². The summed E-state index contributed by atoms with van der Waals surface area (Å²) in [4.78, 5) is 0. The monoisotopic (exact) mass is 464 g/mol. The van der Waals surface area contributed by atoms with E-state index in [2.05, 4.69) is 0 Å². The molecule has 0 atom stereocenters. The van der Waals surface area contributed by atoms with Crippen LogP contribution < -0.4 is 4.74 Å². The minimum absolute atomic E-state index is 0.0500. The van der Waals surface area contributed by atoms with Crippen LogP contribution in [0.4, 0.5) is 13.2 Å². The maximum atomic E-state index is 14.8. The van der Waals surface area contributed by atoms with Gasteiger partial charge in [-0.1, -0.05) is 54.6 Å². The number of aromatic hydroxyl groups is 1. The SMILES string of the molecule is CCOCc1ccc(OCc2ccc(-c3ccc(-c4ccc(O)cc4)c(F)c3F)cc2)cc1F. The molecule has 0 amide bonds. The minimum Gasteiger partial charge on any atom is -0.508 e. The first-order chi connectivity index (χ1) is 16.5. The molecule has 0 radical (unpaired) electrons. The third kappa shape index (κ3) is 5.24. The molecule has 6 heteroatoms. The van der Waals surface area contributed by atoms with Crippen molar-refractivity contribution in [3.8, 4) is 33.8 Å². The van der Waals surface area contributed by atoms with Gasteiger partial charge in [0.05, 0.1) is 6.61 Å². The number of halogens is 3.